The Morgan fingerprint density at radius 3 is 2.22 bits per heavy atom. The van der Waals surface area contributed by atoms with E-state index >= 15 is 0 Å². The van der Waals surface area contributed by atoms with Gasteiger partial charge in [0.1, 0.15) is 11.4 Å². The summed E-state index contributed by atoms with van der Waals surface area (Å²) < 4.78 is 41.5. The summed E-state index contributed by atoms with van der Waals surface area (Å²) in [5.74, 6) is -1.88. The van der Waals surface area contributed by atoms with Crippen LogP contribution in [-0.2, 0) is 14.4 Å². The molecule has 0 aromatic heterocycles. The van der Waals surface area contributed by atoms with Crippen LogP contribution in [0.4, 0.5) is 24.5 Å². The van der Waals surface area contributed by atoms with Gasteiger partial charge >= 0.3 is 6.36 Å². The minimum absolute atomic E-state index is 0.0693. The summed E-state index contributed by atoms with van der Waals surface area (Å²) in [5, 5.41) is 5.38. The monoisotopic (exact) mass is 447 g/mol. The summed E-state index contributed by atoms with van der Waals surface area (Å²) in [6.07, 6.45) is -4.87. The van der Waals surface area contributed by atoms with Crippen LogP contribution in [0, 0.1) is 0 Å². The first-order chi connectivity index (χ1) is 15.0. The van der Waals surface area contributed by atoms with E-state index in [1.54, 1.807) is 38.1 Å². The van der Waals surface area contributed by atoms with Crippen molar-refractivity contribution in [3.8, 4) is 5.75 Å². The number of imide groups is 1. The van der Waals surface area contributed by atoms with E-state index < -0.39 is 30.0 Å². The molecule has 0 unspecified atom stereocenters. The van der Waals surface area contributed by atoms with Gasteiger partial charge in [0.05, 0.1) is 5.57 Å². The van der Waals surface area contributed by atoms with Crippen molar-refractivity contribution in [1.29, 1.82) is 0 Å². The van der Waals surface area contributed by atoms with Crippen molar-refractivity contribution in [3.63, 3.8) is 0 Å². The number of carbonyl (C=O) groups is 3. The maximum absolute atomic E-state index is 13.0. The minimum Gasteiger partial charge on any atom is -0.406 e. The van der Waals surface area contributed by atoms with Gasteiger partial charge in [0.25, 0.3) is 11.8 Å². The molecule has 0 saturated carbocycles. The van der Waals surface area contributed by atoms with E-state index in [-0.39, 0.29) is 22.9 Å². The van der Waals surface area contributed by atoms with Gasteiger partial charge in [0, 0.05) is 30.4 Å². The SMILES string of the molecule is CC(=O)Nc1ccc(C2=C(Nc3cccc(OC(F)(F)F)c3)C(=O)N(C(C)C)C2=O)cc1. The van der Waals surface area contributed by atoms with Crippen LogP contribution >= 0.6 is 0 Å². The van der Waals surface area contributed by atoms with Gasteiger partial charge < -0.3 is 15.4 Å². The van der Waals surface area contributed by atoms with Crippen LogP contribution in [0.2, 0.25) is 0 Å². The van der Waals surface area contributed by atoms with Crippen molar-refractivity contribution in [2.24, 2.45) is 0 Å². The number of alkyl halides is 3. The number of benzene rings is 2. The first-order valence-electron chi connectivity index (χ1n) is 9.59. The Kier molecular flexibility index (Phi) is 6.24. The molecule has 1 aliphatic rings. The molecule has 0 atom stereocenters. The zero-order valence-electron chi connectivity index (χ0n) is 17.4. The largest absolute Gasteiger partial charge is 0.573 e. The Labute approximate surface area is 181 Å². The van der Waals surface area contributed by atoms with E-state index in [1.807, 2.05) is 0 Å². The van der Waals surface area contributed by atoms with Crippen LogP contribution in [0.5, 0.6) is 5.75 Å². The molecule has 2 aromatic rings. The molecule has 3 rings (SSSR count). The Morgan fingerprint density at radius 1 is 1.00 bits per heavy atom. The van der Waals surface area contributed by atoms with Crippen molar-refractivity contribution in [3.05, 3.63) is 59.8 Å². The van der Waals surface area contributed by atoms with Gasteiger partial charge in [-0.05, 0) is 43.7 Å². The molecule has 2 N–H and O–H groups in total. The van der Waals surface area contributed by atoms with Crippen LogP contribution in [0.1, 0.15) is 26.3 Å². The van der Waals surface area contributed by atoms with Gasteiger partial charge in [0.15, 0.2) is 0 Å². The zero-order chi connectivity index (χ0) is 23.6. The molecule has 10 heteroatoms. The predicted molar refractivity (Wildman–Crippen MR) is 111 cm³/mol. The quantitative estimate of drug-likeness (QED) is 0.650. The molecule has 3 amide bonds. The summed E-state index contributed by atoms with van der Waals surface area (Å²) in [6.45, 7) is 4.71. The smallest absolute Gasteiger partial charge is 0.406 e. The Morgan fingerprint density at radius 2 is 1.66 bits per heavy atom. The standard InChI is InChI=1S/C22H20F3N3O4/c1-12(2)28-20(30)18(14-7-9-15(10-8-14)26-13(3)29)19(21(28)31)27-16-5-4-6-17(11-16)32-22(23,24)25/h4-12,27H,1-3H3,(H,26,29). The number of rotatable bonds is 6. The lowest BCUT2D eigenvalue weighted by atomic mass is 10.0. The number of ether oxygens (including phenoxy) is 1. The molecule has 1 heterocycles. The van der Waals surface area contributed by atoms with E-state index in [2.05, 4.69) is 15.4 Å². The van der Waals surface area contributed by atoms with Gasteiger partial charge in [-0.1, -0.05) is 18.2 Å². The first-order valence-corrected chi connectivity index (χ1v) is 9.59. The summed E-state index contributed by atoms with van der Waals surface area (Å²) in [6, 6.07) is 10.8. The molecule has 0 radical (unpaired) electrons. The van der Waals surface area contributed by atoms with Gasteiger partial charge in [0.2, 0.25) is 5.91 Å². The molecule has 0 aliphatic carbocycles. The number of nitrogens with zero attached hydrogens (tertiary/aromatic N) is 1. The number of carbonyl (C=O) groups excluding carboxylic acids is 3. The highest BCUT2D eigenvalue weighted by Gasteiger charge is 2.40. The van der Waals surface area contributed by atoms with Gasteiger partial charge in [-0.2, -0.15) is 0 Å². The molecule has 7 nitrogen and oxygen atoms in total. The summed E-state index contributed by atoms with van der Waals surface area (Å²) in [4.78, 5) is 38.3. The van der Waals surface area contributed by atoms with Gasteiger partial charge in [-0.25, -0.2) is 0 Å². The van der Waals surface area contributed by atoms with Crippen LogP contribution < -0.4 is 15.4 Å². The highest BCUT2D eigenvalue weighted by atomic mass is 19.4. The molecule has 2 aromatic carbocycles. The van der Waals surface area contributed by atoms with E-state index in [0.29, 0.717) is 11.3 Å². The van der Waals surface area contributed by atoms with E-state index in [0.717, 1.165) is 17.0 Å². The fourth-order valence-electron chi connectivity index (χ4n) is 3.24. The lowest BCUT2D eigenvalue weighted by Gasteiger charge is -2.19. The second-order valence-corrected chi connectivity index (χ2v) is 7.28. The Bertz CT molecular complexity index is 1090. The number of amides is 3. The second kappa shape index (κ2) is 8.74. The number of hydrogen-bond donors (Lipinski definition) is 2. The average Bonchev–Trinajstić information content (AvgIpc) is 2.91. The maximum atomic E-state index is 13.0. The number of anilines is 2. The third kappa shape index (κ3) is 5.08. The van der Waals surface area contributed by atoms with Crippen LogP contribution in [0.3, 0.4) is 0 Å². The van der Waals surface area contributed by atoms with Crippen molar-refractivity contribution in [2.75, 3.05) is 10.6 Å². The van der Waals surface area contributed by atoms with Crippen molar-refractivity contribution >= 4 is 34.7 Å². The molecular formula is C22H20F3N3O4. The van der Waals surface area contributed by atoms with E-state index in [1.165, 1.54) is 19.1 Å². The van der Waals surface area contributed by atoms with Gasteiger partial charge in [-0.3, -0.25) is 19.3 Å². The molecule has 0 bridgehead atoms. The third-order valence-corrected chi connectivity index (χ3v) is 4.46. The highest BCUT2D eigenvalue weighted by molar-refractivity contribution is 6.36. The van der Waals surface area contributed by atoms with Crippen molar-refractivity contribution in [2.45, 2.75) is 33.2 Å². The Balaban J connectivity index is 2.01. The molecule has 168 valence electrons. The summed E-state index contributed by atoms with van der Waals surface area (Å²) in [7, 11) is 0. The number of nitrogens with one attached hydrogen (secondary N) is 2. The average molecular weight is 447 g/mol. The molecule has 0 spiro atoms. The normalized spacial score (nSPS) is 14.3. The zero-order valence-corrected chi connectivity index (χ0v) is 17.4. The van der Waals surface area contributed by atoms with Crippen LogP contribution in [-0.4, -0.2) is 35.0 Å². The minimum atomic E-state index is -4.87. The van der Waals surface area contributed by atoms with Crippen molar-refractivity contribution in [1.82, 2.24) is 4.90 Å². The molecule has 32 heavy (non-hydrogen) atoms. The number of hydrogen-bond acceptors (Lipinski definition) is 5. The lowest BCUT2D eigenvalue weighted by Crippen LogP contribution is -2.38. The predicted octanol–water partition coefficient (Wildman–Crippen LogP) is 4.14. The fourth-order valence-corrected chi connectivity index (χ4v) is 3.24. The topological polar surface area (TPSA) is 87.7 Å². The van der Waals surface area contributed by atoms with E-state index in [4.69, 9.17) is 0 Å². The second-order valence-electron chi connectivity index (χ2n) is 7.28. The van der Waals surface area contributed by atoms with E-state index in [9.17, 15) is 27.6 Å². The highest BCUT2D eigenvalue weighted by Crippen LogP contribution is 2.33. The third-order valence-electron chi connectivity index (χ3n) is 4.46. The molecule has 0 saturated heterocycles. The van der Waals surface area contributed by atoms with Crippen LogP contribution in [0.25, 0.3) is 5.57 Å². The molecule has 1 aliphatic heterocycles. The summed E-state index contributed by atoms with van der Waals surface area (Å²) in [5.41, 5.74) is 1.05. The number of halogens is 3. The maximum Gasteiger partial charge on any atom is 0.573 e. The lowest BCUT2D eigenvalue weighted by molar-refractivity contribution is -0.274. The molecular weight excluding hydrogens is 427 g/mol. The van der Waals surface area contributed by atoms with Crippen LogP contribution in [0.15, 0.2) is 54.2 Å². The molecule has 0 fully saturated rings. The fraction of sp³-hybridized carbons (Fsp3) is 0.227. The van der Waals surface area contributed by atoms with Gasteiger partial charge in [-0.15, -0.1) is 13.2 Å². The van der Waals surface area contributed by atoms with Crippen molar-refractivity contribution < 1.29 is 32.3 Å². The summed E-state index contributed by atoms with van der Waals surface area (Å²) >= 11 is 0. The Hall–Kier alpha value is -3.82. The first kappa shape index (κ1) is 22.9.